The highest BCUT2D eigenvalue weighted by Gasteiger charge is 2.13. The molecule has 0 aliphatic heterocycles. The van der Waals surface area contributed by atoms with Crippen LogP contribution in [0.1, 0.15) is 36.2 Å². The van der Waals surface area contributed by atoms with E-state index in [0.717, 1.165) is 42.8 Å². The first-order valence-corrected chi connectivity index (χ1v) is 9.27. The zero-order chi connectivity index (χ0) is 17.8. The fraction of sp³-hybridized carbons (Fsp3) is 0.350. The summed E-state index contributed by atoms with van der Waals surface area (Å²) in [6.07, 6.45) is 8.49. The predicted octanol–water partition coefficient (Wildman–Crippen LogP) is 3.59. The molecule has 1 aromatic carbocycles. The van der Waals surface area contributed by atoms with Gasteiger partial charge in [0.05, 0.1) is 0 Å². The number of fused-ring (bicyclic) bond motifs is 2. The summed E-state index contributed by atoms with van der Waals surface area (Å²) in [5.41, 5.74) is 10.9. The lowest BCUT2D eigenvalue weighted by Crippen LogP contribution is -2.24. The van der Waals surface area contributed by atoms with Crippen LogP contribution in [0.3, 0.4) is 0 Å². The van der Waals surface area contributed by atoms with Crippen molar-refractivity contribution in [2.45, 2.75) is 38.5 Å². The Bertz CT molecular complexity index is 933. The van der Waals surface area contributed by atoms with Crippen LogP contribution in [0.15, 0.2) is 47.6 Å². The molecule has 0 spiro atoms. The maximum absolute atomic E-state index is 6.09. The van der Waals surface area contributed by atoms with E-state index in [1.807, 2.05) is 28.8 Å². The van der Waals surface area contributed by atoms with Crippen LogP contribution in [0, 0.1) is 0 Å². The van der Waals surface area contributed by atoms with Gasteiger partial charge in [-0.15, -0.1) is 34.2 Å². The number of hydrogen-bond acceptors (Lipinski definition) is 3. The highest BCUT2D eigenvalue weighted by Crippen LogP contribution is 2.27. The van der Waals surface area contributed by atoms with Gasteiger partial charge in [0.15, 0.2) is 11.6 Å². The number of nitrogens with two attached hydrogens (primary N) is 1. The lowest BCUT2D eigenvalue weighted by molar-refractivity contribution is 0.687. The number of nitrogens with zero attached hydrogens (tertiary/aromatic N) is 4. The summed E-state index contributed by atoms with van der Waals surface area (Å²) in [4.78, 5) is 4.47. The Morgan fingerprint density at radius 1 is 1.11 bits per heavy atom. The molecule has 0 unspecified atom stereocenters. The summed E-state index contributed by atoms with van der Waals surface area (Å²) in [7, 11) is 0. The molecule has 0 bridgehead atoms. The molecule has 4 rings (SSSR count). The average molecular weight is 476 g/mol. The first-order valence-electron chi connectivity index (χ1n) is 9.27. The topological polar surface area (TPSA) is 80.6 Å². The maximum Gasteiger partial charge on any atom is 0.193 e. The third kappa shape index (κ3) is 4.58. The zero-order valence-corrected chi connectivity index (χ0v) is 17.6. The molecule has 7 heteroatoms. The van der Waals surface area contributed by atoms with Crippen LogP contribution >= 0.6 is 24.0 Å². The number of aliphatic imine (C=N–C) groups is 1. The van der Waals surface area contributed by atoms with Crippen LogP contribution in [0.5, 0.6) is 0 Å². The number of guanidine groups is 1. The number of hydrogen-bond donors (Lipinski definition) is 2. The molecule has 0 amide bonds. The van der Waals surface area contributed by atoms with Crippen molar-refractivity contribution in [3.05, 3.63) is 59.5 Å². The van der Waals surface area contributed by atoms with Crippen LogP contribution in [0.2, 0.25) is 0 Å². The number of pyridine rings is 1. The molecule has 0 saturated carbocycles. The molecule has 27 heavy (non-hydrogen) atoms. The Hall–Kier alpha value is -2.16. The summed E-state index contributed by atoms with van der Waals surface area (Å²) >= 11 is 0. The van der Waals surface area contributed by atoms with Gasteiger partial charge in [-0.3, -0.25) is 9.39 Å². The second-order valence-corrected chi connectivity index (χ2v) is 6.69. The van der Waals surface area contributed by atoms with Crippen LogP contribution in [0.4, 0.5) is 5.69 Å². The normalized spacial score (nSPS) is 13.9. The monoisotopic (exact) mass is 476 g/mol. The fourth-order valence-corrected chi connectivity index (χ4v) is 3.57. The van der Waals surface area contributed by atoms with Crippen molar-refractivity contribution in [2.24, 2.45) is 10.7 Å². The van der Waals surface area contributed by atoms with E-state index >= 15 is 0 Å². The standard InChI is InChI=1S/C20H24N6.HI/c21-20(23-17-10-5-8-15-7-1-2-9-16(15)17)22-13-6-12-19-25-24-18-11-3-4-14-26(18)19;/h3-5,8,10-11,14H,1-2,6-7,9,12-13H2,(H3,21,22,23);1H. The van der Waals surface area contributed by atoms with E-state index < -0.39 is 0 Å². The molecule has 0 saturated heterocycles. The lowest BCUT2D eigenvalue weighted by Gasteiger charge is -2.19. The van der Waals surface area contributed by atoms with E-state index in [0.29, 0.717) is 12.5 Å². The van der Waals surface area contributed by atoms with Gasteiger partial charge in [-0.25, -0.2) is 0 Å². The van der Waals surface area contributed by atoms with Gasteiger partial charge in [0.25, 0.3) is 0 Å². The number of nitrogens with one attached hydrogen (secondary N) is 1. The molecule has 0 radical (unpaired) electrons. The Labute approximate surface area is 176 Å². The van der Waals surface area contributed by atoms with Crippen molar-refractivity contribution in [1.29, 1.82) is 0 Å². The van der Waals surface area contributed by atoms with Crippen LogP contribution in [-0.4, -0.2) is 27.1 Å². The Morgan fingerprint density at radius 3 is 2.93 bits per heavy atom. The first kappa shape index (κ1) is 19.6. The van der Waals surface area contributed by atoms with E-state index in [1.165, 1.54) is 24.0 Å². The summed E-state index contributed by atoms with van der Waals surface area (Å²) in [5.74, 6) is 1.44. The van der Waals surface area contributed by atoms with Crippen molar-refractivity contribution in [3.63, 3.8) is 0 Å². The predicted molar refractivity (Wildman–Crippen MR) is 120 cm³/mol. The van der Waals surface area contributed by atoms with Gasteiger partial charge in [-0.1, -0.05) is 18.2 Å². The van der Waals surface area contributed by atoms with Crippen LogP contribution < -0.4 is 11.1 Å². The van der Waals surface area contributed by atoms with E-state index in [1.54, 1.807) is 0 Å². The Balaban J connectivity index is 0.00000210. The van der Waals surface area contributed by atoms with Gasteiger partial charge >= 0.3 is 0 Å². The van der Waals surface area contributed by atoms with Gasteiger partial charge < -0.3 is 11.1 Å². The molecular weight excluding hydrogens is 451 g/mol. The Kier molecular flexibility index (Phi) is 6.65. The minimum atomic E-state index is 0. The van der Waals surface area contributed by atoms with Gasteiger partial charge in [-0.2, -0.15) is 0 Å². The highest BCUT2D eigenvalue weighted by molar-refractivity contribution is 14.0. The van der Waals surface area contributed by atoms with Crippen LogP contribution in [0.25, 0.3) is 5.65 Å². The van der Waals surface area contributed by atoms with Crippen molar-refractivity contribution >= 4 is 41.3 Å². The van der Waals surface area contributed by atoms with Gasteiger partial charge in [0.1, 0.15) is 5.82 Å². The molecule has 6 nitrogen and oxygen atoms in total. The second-order valence-electron chi connectivity index (χ2n) is 6.69. The van der Waals surface area contributed by atoms with E-state index in [-0.39, 0.29) is 24.0 Å². The third-order valence-corrected chi connectivity index (χ3v) is 4.88. The van der Waals surface area contributed by atoms with Crippen molar-refractivity contribution in [2.75, 3.05) is 11.9 Å². The minimum absolute atomic E-state index is 0. The number of benzene rings is 1. The molecule has 1 aliphatic carbocycles. The van der Waals surface area contributed by atoms with Crippen molar-refractivity contribution in [1.82, 2.24) is 14.6 Å². The molecule has 0 fully saturated rings. The lowest BCUT2D eigenvalue weighted by atomic mass is 9.90. The maximum atomic E-state index is 6.09. The number of anilines is 1. The number of aryl methyl sites for hydroxylation is 2. The van der Waals surface area contributed by atoms with Gasteiger partial charge in [0, 0.05) is 24.8 Å². The zero-order valence-electron chi connectivity index (χ0n) is 15.3. The molecule has 0 atom stereocenters. The van der Waals surface area contributed by atoms with E-state index in [4.69, 9.17) is 5.73 Å². The van der Waals surface area contributed by atoms with Crippen LogP contribution in [-0.2, 0) is 19.3 Å². The summed E-state index contributed by atoms with van der Waals surface area (Å²) < 4.78 is 2.02. The SMILES string of the molecule is I.NC(=NCCCc1nnc2ccccn12)Nc1cccc2c1CCCC2. The molecule has 142 valence electrons. The number of aromatic nitrogens is 3. The van der Waals surface area contributed by atoms with Gasteiger partial charge in [0.2, 0.25) is 0 Å². The van der Waals surface area contributed by atoms with Gasteiger partial charge in [-0.05, 0) is 61.4 Å². The van der Waals surface area contributed by atoms with E-state index in [2.05, 4.69) is 38.7 Å². The largest absolute Gasteiger partial charge is 0.370 e. The first-order chi connectivity index (χ1) is 12.8. The van der Waals surface area contributed by atoms with Crippen molar-refractivity contribution in [3.8, 4) is 0 Å². The molecule has 1 aliphatic rings. The highest BCUT2D eigenvalue weighted by atomic mass is 127. The summed E-state index contributed by atoms with van der Waals surface area (Å²) in [6.45, 7) is 0.662. The molecule has 3 aromatic rings. The molecule has 2 aromatic heterocycles. The quantitative estimate of drug-likeness (QED) is 0.255. The van der Waals surface area contributed by atoms with Crippen molar-refractivity contribution < 1.29 is 0 Å². The fourth-order valence-electron chi connectivity index (χ4n) is 3.57. The minimum Gasteiger partial charge on any atom is -0.370 e. The van der Waals surface area contributed by atoms with E-state index in [9.17, 15) is 0 Å². The second kappa shape index (κ2) is 9.16. The third-order valence-electron chi connectivity index (χ3n) is 4.88. The average Bonchev–Trinajstić information content (AvgIpc) is 3.09. The molecular formula is C20H25IN6. The number of rotatable bonds is 5. The number of halogens is 1. The molecule has 2 heterocycles. The smallest absolute Gasteiger partial charge is 0.193 e. The Morgan fingerprint density at radius 2 is 2.00 bits per heavy atom. The molecule has 3 N–H and O–H groups in total. The summed E-state index contributed by atoms with van der Waals surface area (Å²) in [6, 6.07) is 12.3. The summed E-state index contributed by atoms with van der Waals surface area (Å²) in [5, 5.41) is 11.7.